The van der Waals surface area contributed by atoms with Crippen molar-refractivity contribution in [2.75, 3.05) is 13.7 Å². The summed E-state index contributed by atoms with van der Waals surface area (Å²) in [5, 5.41) is 0. The molecule has 1 rings (SSSR count). The lowest BCUT2D eigenvalue weighted by atomic mass is 10.4. The van der Waals surface area contributed by atoms with Crippen LogP contribution in [0.3, 0.4) is 0 Å². The average Bonchev–Trinajstić information content (AvgIpc) is 2.18. The van der Waals surface area contributed by atoms with Crippen LogP contribution in [-0.2, 0) is 4.74 Å². The minimum Gasteiger partial charge on any atom is -0.492 e. The lowest BCUT2D eigenvalue weighted by molar-refractivity contribution is 0.296. The zero-order valence-corrected chi connectivity index (χ0v) is 7.78. The van der Waals surface area contributed by atoms with Crippen LogP contribution in [0.1, 0.15) is 12.6 Å². The minimum absolute atomic E-state index is 0.457. The molecule has 1 heterocycles. The third-order valence-electron chi connectivity index (χ3n) is 1.43. The van der Waals surface area contributed by atoms with Gasteiger partial charge in [-0.05, 0) is 6.92 Å². The summed E-state index contributed by atoms with van der Waals surface area (Å²) in [4.78, 5) is 8.03. The first-order chi connectivity index (χ1) is 6.27. The Kier molecular flexibility index (Phi) is 3.25. The van der Waals surface area contributed by atoms with Gasteiger partial charge in [0.2, 0.25) is 5.88 Å². The smallest absolute Gasteiger partial charge is 0.232 e. The second-order valence-electron chi connectivity index (χ2n) is 2.30. The van der Waals surface area contributed by atoms with Gasteiger partial charge in [-0.3, -0.25) is 4.98 Å². The summed E-state index contributed by atoms with van der Waals surface area (Å²) >= 11 is 0. The van der Waals surface area contributed by atoms with Gasteiger partial charge >= 0.3 is 0 Å². The number of ether oxygens (including phenoxy) is 2. The Bertz CT molecular complexity index is 299. The van der Waals surface area contributed by atoms with Gasteiger partial charge in [0.1, 0.15) is 11.5 Å². The Morgan fingerprint density at radius 3 is 2.92 bits per heavy atom. The van der Waals surface area contributed by atoms with E-state index in [1.807, 2.05) is 6.92 Å². The van der Waals surface area contributed by atoms with Crippen molar-refractivity contribution in [1.82, 2.24) is 9.97 Å². The van der Waals surface area contributed by atoms with Crippen LogP contribution in [0.5, 0.6) is 5.88 Å². The van der Waals surface area contributed by atoms with Crippen molar-refractivity contribution in [2.45, 2.75) is 6.92 Å². The summed E-state index contributed by atoms with van der Waals surface area (Å²) in [7, 11) is 1.54. The third kappa shape index (κ3) is 2.43. The third-order valence-corrected chi connectivity index (χ3v) is 1.43. The highest BCUT2D eigenvalue weighted by atomic mass is 16.5. The van der Waals surface area contributed by atoms with Crippen molar-refractivity contribution in [3.05, 3.63) is 24.7 Å². The van der Waals surface area contributed by atoms with Crippen LogP contribution in [0.15, 0.2) is 19.0 Å². The number of nitrogens with zero attached hydrogens (tertiary/aromatic N) is 2. The Hall–Kier alpha value is -1.58. The molecule has 4 heteroatoms. The maximum absolute atomic E-state index is 5.17. The van der Waals surface area contributed by atoms with Crippen LogP contribution in [0.25, 0.3) is 5.76 Å². The van der Waals surface area contributed by atoms with Crippen LogP contribution in [0.2, 0.25) is 0 Å². The molecule has 70 valence electrons. The molecule has 1 aromatic heterocycles. The fourth-order valence-electron chi connectivity index (χ4n) is 0.829. The van der Waals surface area contributed by atoms with Gasteiger partial charge in [-0.2, -0.15) is 0 Å². The number of methoxy groups -OCH3 is 1. The molecule has 0 aliphatic carbocycles. The second-order valence-corrected chi connectivity index (χ2v) is 2.30. The highest BCUT2D eigenvalue weighted by molar-refractivity contribution is 5.52. The molecule has 0 fully saturated rings. The zero-order valence-electron chi connectivity index (χ0n) is 7.78. The number of hydrogen-bond acceptors (Lipinski definition) is 4. The van der Waals surface area contributed by atoms with Gasteiger partial charge in [0.25, 0.3) is 0 Å². The van der Waals surface area contributed by atoms with Crippen molar-refractivity contribution in [1.29, 1.82) is 0 Å². The summed E-state index contributed by atoms with van der Waals surface area (Å²) in [6.45, 7) is 6.16. The molecule has 0 saturated heterocycles. The lowest BCUT2D eigenvalue weighted by Gasteiger charge is -2.06. The largest absolute Gasteiger partial charge is 0.492 e. The highest BCUT2D eigenvalue weighted by Gasteiger charge is 2.02. The fourth-order valence-corrected chi connectivity index (χ4v) is 0.829. The number of aromatic nitrogens is 2. The van der Waals surface area contributed by atoms with E-state index in [1.165, 1.54) is 13.3 Å². The molecule has 0 N–H and O–H groups in total. The standard InChI is InChI=1S/C9H12N2O2/c1-4-13-7(2)8-5-10-6-9(11-8)12-3/h5-6H,2,4H2,1,3H3. The Morgan fingerprint density at radius 2 is 2.31 bits per heavy atom. The van der Waals surface area contributed by atoms with E-state index in [4.69, 9.17) is 9.47 Å². The quantitative estimate of drug-likeness (QED) is 0.658. The van der Waals surface area contributed by atoms with Crippen molar-refractivity contribution in [3.8, 4) is 5.88 Å². The molecule has 0 aliphatic heterocycles. The van der Waals surface area contributed by atoms with E-state index >= 15 is 0 Å². The Balaban J connectivity index is 2.82. The maximum Gasteiger partial charge on any atom is 0.232 e. The van der Waals surface area contributed by atoms with E-state index in [1.54, 1.807) is 6.20 Å². The van der Waals surface area contributed by atoms with Crippen LogP contribution >= 0.6 is 0 Å². The number of hydrogen-bond donors (Lipinski definition) is 0. The van der Waals surface area contributed by atoms with Crippen molar-refractivity contribution >= 4 is 5.76 Å². The molecule has 0 aromatic carbocycles. The predicted molar refractivity (Wildman–Crippen MR) is 49.2 cm³/mol. The molecule has 0 spiro atoms. The topological polar surface area (TPSA) is 44.2 Å². The highest BCUT2D eigenvalue weighted by Crippen LogP contribution is 2.12. The molecule has 0 aliphatic rings. The van der Waals surface area contributed by atoms with Gasteiger partial charge in [0.05, 0.1) is 26.1 Å². The van der Waals surface area contributed by atoms with E-state index in [2.05, 4.69) is 16.5 Å². The number of rotatable bonds is 4. The summed E-state index contributed by atoms with van der Waals surface area (Å²) in [5.74, 6) is 0.965. The molecule has 0 saturated carbocycles. The first-order valence-corrected chi connectivity index (χ1v) is 3.96. The van der Waals surface area contributed by atoms with Crippen molar-refractivity contribution in [3.63, 3.8) is 0 Å². The predicted octanol–water partition coefficient (Wildman–Crippen LogP) is 1.49. The van der Waals surface area contributed by atoms with Gasteiger partial charge in [-0.25, -0.2) is 4.98 Å². The molecule has 0 bridgehead atoms. The van der Waals surface area contributed by atoms with E-state index in [0.29, 0.717) is 23.9 Å². The zero-order chi connectivity index (χ0) is 9.68. The Labute approximate surface area is 77.2 Å². The van der Waals surface area contributed by atoms with Crippen LogP contribution in [-0.4, -0.2) is 23.7 Å². The SMILES string of the molecule is C=C(OCC)c1cncc(OC)n1. The second kappa shape index (κ2) is 4.45. The normalized spacial score (nSPS) is 9.38. The molecule has 0 unspecified atom stereocenters. The van der Waals surface area contributed by atoms with Crippen molar-refractivity contribution < 1.29 is 9.47 Å². The summed E-state index contributed by atoms with van der Waals surface area (Å²) in [5.41, 5.74) is 0.598. The van der Waals surface area contributed by atoms with Crippen LogP contribution in [0.4, 0.5) is 0 Å². The van der Waals surface area contributed by atoms with E-state index in [9.17, 15) is 0 Å². The van der Waals surface area contributed by atoms with Gasteiger partial charge in [0.15, 0.2) is 0 Å². The molecular weight excluding hydrogens is 168 g/mol. The van der Waals surface area contributed by atoms with Crippen molar-refractivity contribution in [2.24, 2.45) is 0 Å². The molecule has 0 amide bonds. The average molecular weight is 180 g/mol. The summed E-state index contributed by atoms with van der Waals surface area (Å²) in [6.07, 6.45) is 3.11. The molecule has 13 heavy (non-hydrogen) atoms. The van der Waals surface area contributed by atoms with E-state index < -0.39 is 0 Å². The Morgan fingerprint density at radius 1 is 1.54 bits per heavy atom. The van der Waals surface area contributed by atoms with E-state index in [-0.39, 0.29) is 0 Å². The molecule has 4 nitrogen and oxygen atoms in total. The first-order valence-electron chi connectivity index (χ1n) is 3.96. The molecule has 0 atom stereocenters. The fraction of sp³-hybridized carbons (Fsp3) is 0.333. The van der Waals surface area contributed by atoms with Gasteiger partial charge in [-0.1, -0.05) is 6.58 Å². The molecular formula is C9H12N2O2. The maximum atomic E-state index is 5.17. The molecule has 0 radical (unpaired) electrons. The summed E-state index contributed by atoms with van der Waals surface area (Å²) < 4.78 is 10.1. The van der Waals surface area contributed by atoms with Gasteiger partial charge in [0, 0.05) is 0 Å². The lowest BCUT2D eigenvalue weighted by Crippen LogP contribution is -1.96. The van der Waals surface area contributed by atoms with Crippen LogP contribution in [0, 0.1) is 0 Å². The monoisotopic (exact) mass is 180 g/mol. The minimum atomic E-state index is 0.457. The van der Waals surface area contributed by atoms with Gasteiger partial charge in [-0.15, -0.1) is 0 Å². The molecule has 1 aromatic rings. The summed E-state index contributed by atoms with van der Waals surface area (Å²) in [6, 6.07) is 0. The van der Waals surface area contributed by atoms with Crippen LogP contribution < -0.4 is 4.74 Å². The van der Waals surface area contributed by atoms with Gasteiger partial charge < -0.3 is 9.47 Å². The first kappa shape index (κ1) is 9.51. The van der Waals surface area contributed by atoms with E-state index in [0.717, 1.165) is 0 Å².